The minimum Gasteiger partial charge on any atom is -0.465 e. The number of aliphatic hydroxyl groups excluding tert-OH is 2. The van der Waals surface area contributed by atoms with Crippen LogP contribution in [0.4, 0.5) is 13.6 Å². The van der Waals surface area contributed by atoms with E-state index in [4.69, 9.17) is 9.47 Å². The van der Waals surface area contributed by atoms with E-state index >= 15 is 0 Å². The molecule has 13 nitrogen and oxygen atoms in total. The summed E-state index contributed by atoms with van der Waals surface area (Å²) in [5, 5.41) is 50.1. The first-order valence-electron chi connectivity index (χ1n) is 14.0. The number of aromatic nitrogens is 6. The van der Waals surface area contributed by atoms with Crippen molar-refractivity contribution in [2.75, 3.05) is 13.7 Å². The Balaban J connectivity index is 1.22. The van der Waals surface area contributed by atoms with Crippen LogP contribution in [0.1, 0.15) is 50.3 Å². The quantitative estimate of drug-likeness (QED) is 0.262. The molecule has 2 bridgehead atoms. The number of ether oxygens (including phenoxy) is 2. The lowest BCUT2D eigenvalue weighted by Crippen LogP contribution is -2.57. The summed E-state index contributed by atoms with van der Waals surface area (Å²) in [4.78, 5) is 11.3. The van der Waals surface area contributed by atoms with Crippen LogP contribution in [-0.4, -0.2) is 95.1 Å². The fourth-order valence-corrected chi connectivity index (χ4v) is 7.29. The maximum Gasteiger partial charge on any atom is 0.405 e. The number of carboxylic acid groups (broad SMARTS) is 1. The van der Waals surface area contributed by atoms with Crippen LogP contribution in [-0.2, 0) is 21.4 Å². The highest BCUT2D eigenvalue weighted by Crippen LogP contribution is 2.53. The largest absolute Gasteiger partial charge is 0.465 e. The second-order valence-corrected chi connectivity index (χ2v) is 12.6. The van der Waals surface area contributed by atoms with Crippen molar-refractivity contribution in [1.82, 2.24) is 35.3 Å². The van der Waals surface area contributed by atoms with E-state index in [2.05, 4.69) is 41.9 Å². The summed E-state index contributed by atoms with van der Waals surface area (Å²) < 4.78 is 43.6. The Morgan fingerprint density at radius 2 is 1.84 bits per heavy atom. The standard InChI is InChI=1S/C27H32BrF2N7O6/c1-42-24-17(11-36-12-19(33-34-36)26-4-7-27(8-5-26,9-6-26)31-25(40)41)43-18(13-38)23(39)22(24)37-10-16(32-35-37)14-2-3-15(28)21(30)20(14)29/h2-3,10,12,17-18,22-24,31,38-39H,4-9,11,13H2,1H3,(H,40,41)/t17-,18-,22+,23+,24+,26?,27?/m1/s1. The zero-order chi connectivity index (χ0) is 30.5. The van der Waals surface area contributed by atoms with E-state index in [0.717, 1.165) is 44.2 Å². The fourth-order valence-electron chi connectivity index (χ4n) is 6.98. The van der Waals surface area contributed by atoms with Crippen molar-refractivity contribution in [2.45, 2.75) is 86.5 Å². The van der Waals surface area contributed by atoms with Gasteiger partial charge in [-0.05, 0) is 66.6 Å². The van der Waals surface area contributed by atoms with Crippen LogP contribution in [0.25, 0.3) is 11.3 Å². The lowest BCUT2D eigenvalue weighted by atomic mass is 9.56. The molecular formula is C27H32BrF2N7O6. The summed E-state index contributed by atoms with van der Waals surface area (Å²) >= 11 is 2.96. The lowest BCUT2D eigenvalue weighted by Gasteiger charge is -2.52. The summed E-state index contributed by atoms with van der Waals surface area (Å²) in [6, 6.07) is 1.84. The molecule has 232 valence electrons. The third-order valence-corrected chi connectivity index (χ3v) is 10.0. The summed E-state index contributed by atoms with van der Waals surface area (Å²) in [6.45, 7) is -0.309. The van der Waals surface area contributed by atoms with Crippen molar-refractivity contribution < 1.29 is 38.4 Å². The average molecular weight is 668 g/mol. The zero-order valence-corrected chi connectivity index (χ0v) is 24.8. The molecule has 7 rings (SSSR count). The van der Waals surface area contributed by atoms with Gasteiger partial charge in [-0.15, -0.1) is 10.2 Å². The maximum absolute atomic E-state index is 14.6. The molecule has 3 aliphatic carbocycles. The molecule has 1 amide bonds. The van der Waals surface area contributed by atoms with Gasteiger partial charge >= 0.3 is 6.09 Å². The molecule has 1 aliphatic heterocycles. The Kier molecular flexibility index (Phi) is 8.00. The number of hydrogen-bond acceptors (Lipinski definition) is 9. The van der Waals surface area contributed by atoms with Gasteiger partial charge in [0.05, 0.1) is 29.5 Å². The van der Waals surface area contributed by atoms with Crippen molar-refractivity contribution in [2.24, 2.45) is 0 Å². The Hall–Kier alpha value is -3.05. The number of nitrogens with one attached hydrogen (secondary N) is 1. The molecule has 4 aliphatic rings. The zero-order valence-electron chi connectivity index (χ0n) is 23.2. The highest BCUT2D eigenvalue weighted by molar-refractivity contribution is 9.10. The van der Waals surface area contributed by atoms with E-state index in [1.807, 2.05) is 6.20 Å². The predicted molar refractivity (Wildman–Crippen MR) is 148 cm³/mol. The molecule has 0 unspecified atom stereocenters. The van der Waals surface area contributed by atoms with Gasteiger partial charge in [-0.1, -0.05) is 10.4 Å². The summed E-state index contributed by atoms with van der Waals surface area (Å²) in [5.41, 5.74) is 0.227. The SMILES string of the molecule is CO[C@@H]1[C@@H](n2cc(-c3ccc(Br)c(F)c3F)nn2)[C@@H](O)[C@@H](CO)O[C@@H]1Cn1cc(C23CCC(NC(=O)O)(CC2)CC3)nn1. The molecule has 0 radical (unpaired) electrons. The third-order valence-electron chi connectivity index (χ3n) is 9.43. The molecule has 43 heavy (non-hydrogen) atoms. The molecule has 1 aromatic carbocycles. The molecule has 16 heteroatoms. The Morgan fingerprint density at radius 3 is 2.49 bits per heavy atom. The second kappa shape index (κ2) is 11.5. The van der Waals surface area contributed by atoms with Crippen LogP contribution in [0.15, 0.2) is 29.0 Å². The fraction of sp³-hybridized carbons (Fsp3) is 0.593. The number of fused-ring (bicyclic) bond motifs is 3. The number of methoxy groups -OCH3 is 1. The summed E-state index contributed by atoms with van der Waals surface area (Å²) in [7, 11) is 1.45. The highest BCUT2D eigenvalue weighted by Gasteiger charge is 2.52. The number of hydrogen-bond donors (Lipinski definition) is 4. The number of halogens is 3. The molecule has 3 saturated carbocycles. The first kappa shape index (κ1) is 30.0. The van der Waals surface area contributed by atoms with Crippen LogP contribution in [0.2, 0.25) is 0 Å². The van der Waals surface area contributed by atoms with Crippen LogP contribution < -0.4 is 5.32 Å². The van der Waals surface area contributed by atoms with Crippen molar-refractivity contribution in [3.8, 4) is 11.3 Å². The highest BCUT2D eigenvalue weighted by atomic mass is 79.9. The van der Waals surface area contributed by atoms with E-state index in [9.17, 15) is 28.9 Å². The van der Waals surface area contributed by atoms with Gasteiger partial charge in [0.2, 0.25) is 0 Å². The number of rotatable bonds is 8. The van der Waals surface area contributed by atoms with Gasteiger partial charge in [-0.25, -0.2) is 22.9 Å². The van der Waals surface area contributed by atoms with Gasteiger partial charge in [0.15, 0.2) is 11.6 Å². The van der Waals surface area contributed by atoms with Gasteiger partial charge in [0, 0.05) is 29.8 Å². The monoisotopic (exact) mass is 667 g/mol. The minimum atomic E-state index is -1.26. The number of nitrogens with zero attached hydrogens (tertiary/aromatic N) is 6. The Labute approximate surface area is 253 Å². The van der Waals surface area contributed by atoms with Crippen LogP contribution in [0, 0.1) is 11.6 Å². The molecule has 0 spiro atoms. The van der Waals surface area contributed by atoms with E-state index in [1.54, 1.807) is 4.68 Å². The molecule has 4 fully saturated rings. The van der Waals surface area contributed by atoms with Crippen LogP contribution >= 0.6 is 15.9 Å². The number of carbonyl (C=O) groups is 1. The van der Waals surface area contributed by atoms with Crippen molar-refractivity contribution in [1.29, 1.82) is 0 Å². The molecule has 1 saturated heterocycles. The first-order chi connectivity index (χ1) is 20.6. The van der Waals surface area contributed by atoms with Crippen molar-refractivity contribution in [3.63, 3.8) is 0 Å². The molecule has 4 N–H and O–H groups in total. The summed E-state index contributed by atoms with van der Waals surface area (Å²) in [6.07, 6.45) is 3.09. The third kappa shape index (κ3) is 5.32. The Bertz CT molecular complexity index is 1480. The number of aliphatic hydroxyl groups is 2. The van der Waals surface area contributed by atoms with E-state index in [0.29, 0.717) is 0 Å². The average Bonchev–Trinajstić information content (AvgIpc) is 3.67. The van der Waals surface area contributed by atoms with Gasteiger partial charge in [-0.3, -0.25) is 0 Å². The molecular weight excluding hydrogens is 636 g/mol. The maximum atomic E-state index is 14.6. The van der Waals surface area contributed by atoms with Gasteiger partial charge < -0.3 is 30.1 Å². The van der Waals surface area contributed by atoms with Crippen molar-refractivity contribution in [3.05, 3.63) is 46.3 Å². The Morgan fingerprint density at radius 1 is 1.12 bits per heavy atom. The molecule has 5 atom stereocenters. The minimum absolute atomic E-state index is 0.0276. The topological polar surface area (TPSA) is 170 Å². The first-order valence-corrected chi connectivity index (χ1v) is 14.8. The van der Waals surface area contributed by atoms with Gasteiger partial charge in [-0.2, -0.15) is 0 Å². The molecule has 3 heterocycles. The van der Waals surface area contributed by atoms with Gasteiger partial charge in [0.25, 0.3) is 0 Å². The molecule has 2 aromatic heterocycles. The number of benzene rings is 1. The normalized spacial score (nSPS) is 32.2. The predicted octanol–water partition coefficient (Wildman–Crippen LogP) is 2.57. The van der Waals surface area contributed by atoms with Crippen LogP contribution in [0.3, 0.4) is 0 Å². The van der Waals surface area contributed by atoms with Crippen LogP contribution in [0.5, 0.6) is 0 Å². The molecule has 3 aromatic rings. The van der Waals surface area contributed by atoms with E-state index in [-0.39, 0.29) is 33.2 Å². The van der Waals surface area contributed by atoms with Gasteiger partial charge in [0.1, 0.15) is 36.2 Å². The van der Waals surface area contributed by atoms with E-state index in [1.165, 1.54) is 30.1 Å². The summed E-state index contributed by atoms with van der Waals surface area (Å²) in [5.74, 6) is -2.15. The van der Waals surface area contributed by atoms with E-state index < -0.39 is 54.8 Å². The second-order valence-electron chi connectivity index (χ2n) is 11.7. The smallest absolute Gasteiger partial charge is 0.405 e. The number of amides is 1. The lowest BCUT2D eigenvalue weighted by molar-refractivity contribution is -0.216. The van der Waals surface area contributed by atoms with Crippen molar-refractivity contribution >= 4 is 22.0 Å².